The van der Waals surface area contributed by atoms with Crippen LogP contribution in [0.4, 0.5) is 0 Å². The van der Waals surface area contributed by atoms with E-state index in [1.807, 2.05) is 18.2 Å². The lowest BCUT2D eigenvalue weighted by atomic mass is 10.1. The molecule has 7 nitrogen and oxygen atoms in total. The van der Waals surface area contributed by atoms with E-state index < -0.39 is 0 Å². The van der Waals surface area contributed by atoms with E-state index in [-0.39, 0.29) is 44.1 Å². The number of carbonyl (C=O) groups is 2. The van der Waals surface area contributed by atoms with E-state index in [0.717, 1.165) is 5.56 Å². The second-order valence-electron chi connectivity index (χ2n) is 5.38. The summed E-state index contributed by atoms with van der Waals surface area (Å²) in [7, 11) is 0. The van der Waals surface area contributed by atoms with Crippen LogP contribution in [0.2, 0.25) is 0 Å². The van der Waals surface area contributed by atoms with Gasteiger partial charge >= 0.3 is 0 Å². The average molecular weight is 306 g/mol. The van der Waals surface area contributed by atoms with Crippen LogP contribution >= 0.6 is 0 Å². The number of aliphatic hydroxyl groups is 1. The molecule has 118 valence electrons. The van der Waals surface area contributed by atoms with Crippen molar-refractivity contribution in [1.29, 1.82) is 0 Å². The molecule has 7 heteroatoms. The summed E-state index contributed by atoms with van der Waals surface area (Å²) in [6.45, 7) is 1.16. The second kappa shape index (κ2) is 6.23. The van der Waals surface area contributed by atoms with Gasteiger partial charge < -0.3 is 24.8 Å². The number of benzene rings is 1. The Kier molecular flexibility index (Phi) is 4.15. The lowest BCUT2D eigenvalue weighted by Crippen LogP contribution is -2.34. The standard InChI is InChI=1S/C15H18N2O5/c18-4-3-16-15(20)11-6-14(19)17(8-11)7-10-1-2-12-13(5-10)22-9-21-12/h1-2,5,11,18H,3-4,6-9H2,(H,16,20). The van der Waals surface area contributed by atoms with Gasteiger partial charge in [-0.25, -0.2) is 0 Å². The molecular weight excluding hydrogens is 288 g/mol. The Hall–Kier alpha value is -2.28. The van der Waals surface area contributed by atoms with Crippen molar-refractivity contribution in [1.82, 2.24) is 10.2 Å². The van der Waals surface area contributed by atoms with Gasteiger partial charge in [0.25, 0.3) is 0 Å². The Morgan fingerprint density at radius 2 is 2.18 bits per heavy atom. The monoisotopic (exact) mass is 306 g/mol. The van der Waals surface area contributed by atoms with Gasteiger partial charge in [-0.2, -0.15) is 0 Å². The van der Waals surface area contributed by atoms with Crippen LogP contribution in [0.15, 0.2) is 18.2 Å². The highest BCUT2D eigenvalue weighted by atomic mass is 16.7. The molecule has 0 radical (unpaired) electrons. The Balaban J connectivity index is 1.61. The fraction of sp³-hybridized carbons (Fsp3) is 0.467. The zero-order valence-electron chi connectivity index (χ0n) is 12.1. The fourth-order valence-electron chi connectivity index (χ4n) is 2.68. The molecule has 0 bridgehead atoms. The van der Waals surface area contributed by atoms with Crippen molar-refractivity contribution in [3.05, 3.63) is 23.8 Å². The number of amides is 2. The molecule has 1 aromatic carbocycles. The number of aliphatic hydroxyl groups excluding tert-OH is 1. The minimum Gasteiger partial charge on any atom is -0.454 e. The number of hydrogen-bond acceptors (Lipinski definition) is 5. The van der Waals surface area contributed by atoms with E-state index in [2.05, 4.69) is 5.32 Å². The number of ether oxygens (including phenoxy) is 2. The maximum atomic E-state index is 12.0. The Morgan fingerprint density at radius 1 is 1.36 bits per heavy atom. The predicted molar refractivity (Wildman–Crippen MR) is 76.2 cm³/mol. The van der Waals surface area contributed by atoms with Gasteiger partial charge in [-0.3, -0.25) is 9.59 Å². The van der Waals surface area contributed by atoms with Crippen LogP contribution in [-0.4, -0.2) is 48.3 Å². The van der Waals surface area contributed by atoms with Crippen molar-refractivity contribution in [3.8, 4) is 11.5 Å². The lowest BCUT2D eigenvalue weighted by Gasteiger charge is -2.17. The van der Waals surface area contributed by atoms with Gasteiger partial charge in [0.15, 0.2) is 11.5 Å². The van der Waals surface area contributed by atoms with Crippen molar-refractivity contribution in [3.63, 3.8) is 0 Å². The Morgan fingerprint density at radius 3 is 3.00 bits per heavy atom. The molecule has 2 N–H and O–H groups in total. The molecule has 1 atom stereocenters. The highest BCUT2D eigenvalue weighted by Crippen LogP contribution is 2.33. The summed E-state index contributed by atoms with van der Waals surface area (Å²) < 4.78 is 10.6. The normalized spacial score (nSPS) is 19.6. The third kappa shape index (κ3) is 2.99. The number of likely N-dealkylation sites (tertiary alicyclic amines) is 1. The van der Waals surface area contributed by atoms with Gasteiger partial charge in [-0.1, -0.05) is 6.07 Å². The van der Waals surface area contributed by atoms with Gasteiger partial charge in [0.1, 0.15) is 0 Å². The number of carbonyl (C=O) groups excluding carboxylic acids is 2. The van der Waals surface area contributed by atoms with Crippen LogP contribution in [-0.2, 0) is 16.1 Å². The molecule has 1 saturated heterocycles. The summed E-state index contributed by atoms with van der Waals surface area (Å²) in [5, 5.41) is 11.3. The number of nitrogens with zero attached hydrogens (tertiary/aromatic N) is 1. The van der Waals surface area contributed by atoms with Crippen molar-refractivity contribution < 1.29 is 24.2 Å². The van der Waals surface area contributed by atoms with E-state index in [1.165, 1.54) is 0 Å². The Labute approximate surface area is 127 Å². The van der Waals surface area contributed by atoms with Crippen molar-refractivity contribution in [2.75, 3.05) is 26.5 Å². The van der Waals surface area contributed by atoms with Crippen molar-refractivity contribution >= 4 is 11.8 Å². The first-order valence-corrected chi connectivity index (χ1v) is 7.22. The van der Waals surface area contributed by atoms with Gasteiger partial charge in [-0.15, -0.1) is 0 Å². The summed E-state index contributed by atoms with van der Waals surface area (Å²) in [5.41, 5.74) is 0.939. The van der Waals surface area contributed by atoms with Gasteiger partial charge in [-0.05, 0) is 17.7 Å². The summed E-state index contributed by atoms with van der Waals surface area (Å²) in [6, 6.07) is 5.57. The summed E-state index contributed by atoms with van der Waals surface area (Å²) in [6.07, 6.45) is 0.210. The third-order valence-electron chi connectivity index (χ3n) is 3.81. The van der Waals surface area contributed by atoms with Gasteiger partial charge in [0.05, 0.1) is 12.5 Å². The second-order valence-corrected chi connectivity index (χ2v) is 5.38. The molecule has 0 spiro atoms. The first-order chi connectivity index (χ1) is 10.7. The molecule has 2 aliphatic heterocycles. The molecule has 1 fully saturated rings. The Bertz CT molecular complexity index is 589. The highest BCUT2D eigenvalue weighted by molar-refractivity contribution is 5.89. The quantitative estimate of drug-likeness (QED) is 0.791. The maximum Gasteiger partial charge on any atom is 0.231 e. The molecule has 2 amide bonds. The predicted octanol–water partition coefficient (Wildman–Crippen LogP) is -0.128. The van der Waals surface area contributed by atoms with Crippen LogP contribution in [0.1, 0.15) is 12.0 Å². The minimum atomic E-state index is -0.354. The zero-order chi connectivity index (χ0) is 15.5. The SMILES string of the molecule is O=C(NCCO)C1CC(=O)N(Cc2ccc3c(c2)OCO3)C1. The third-order valence-corrected chi connectivity index (χ3v) is 3.81. The van der Waals surface area contributed by atoms with Crippen LogP contribution in [0.5, 0.6) is 11.5 Å². The van der Waals surface area contributed by atoms with Gasteiger partial charge in [0, 0.05) is 26.1 Å². The molecule has 3 rings (SSSR count). The number of rotatable bonds is 5. The smallest absolute Gasteiger partial charge is 0.231 e. The summed E-state index contributed by atoms with van der Waals surface area (Å²) in [5.74, 6) is 0.810. The molecule has 22 heavy (non-hydrogen) atoms. The van der Waals surface area contributed by atoms with Crippen molar-refractivity contribution in [2.45, 2.75) is 13.0 Å². The first kappa shape index (κ1) is 14.6. The van der Waals surface area contributed by atoms with Crippen LogP contribution in [0.25, 0.3) is 0 Å². The van der Waals surface area contributed by atoms with E-state index in [4.69, 9.17) is 14.6 Å². The number of nitrogens with one attached hydrogen (secondary N) is 1. The lowest BCUT2D eigenvalue weighted by molar-refractivity contribution is -0.129. The zero-order valence-corrected chi connectivity index (χ0v) is 12.1. The molecule has 0 saturated carbocycles. The largest absolute Gasteiger partial charge is 0.454 e. The van der Waals surface area contributed by atoms with Crippen molar-refractivity contribution in [2.24, 2.45) is 5.92 Å². The highest BCUT2D eigenvalue weighted by Gasteiger charge is 2.34. The minimum absolute atomic E-state index is 0.0400. The topological polar surface area (TPSA) is 88.1 Å². The molecule has 0 aliphatic carbocycles. The molecular formula is C15H18N2O5. The molecule has 2 heterocycles. The van der Waals surface area contributed by atoms with Gasteiger partial charge in [0.2, 0.25) is 18.6 Å². The van der Waals surface area contributed by atoms with E-state index >= 15 is 0 Å². The molecule has 0 aromatic heterocycles. The van der Waals surface area contributed by atoms with Crippen LogP contribution in [0, 0.1) is 5.92 Å². The first-order valence-electron chi connectivity index (χ1n) is 7.22. The fourth-order valence-corrected chi connectivity index (χ4v) is 2.68. The van der Waals surface area contributed by atoms with E-state index in [9.17, 15) is 9.59 Å². The maximum absolute atomic E-state index is 12.0. The van der Waals surface area contributed by atoms with E-state index in [0.29, 0.717) is 24.6 Å². The molecule has 1 aromatic rings. The number of fused-ring (bicyclic) bond motifs is 1. The van der Waals surface area contributed by atoms with Crippen LogP contribution in [0.3, 0.4) is 0 Å². The van der Waals surface area contributed by atoms with E-state index in [1.54, 1.807) is 4.90 Å². The summed E-state index contributed by atoms with van der Waals surface area (Å²) in [4.78, 5) is 25.6. The van der Waals surface area contributed by atoms with Crippen LogP contribution < -0.4 is 14.8 Å². The number of hydrogen-bond donors (Lipinski definition) is 2. The average Bonchev–Trinajstić information content (AvgIpc) is 3.11. The molecule has 2 aliphatic rings. The summed E-state index contributed by atoms with van der Waals surface area (Å²) >= 11 is 0. The molecule has 1 unspecified atom stereocenters.